The first-order chi connectivity index (χ1) is 69.8. The van der Waals surface area contributed by atoms with Gasteiger partial charge in [0.1, 0.15) is 50.6 Å². The zero-order valence-corrected chi connectivity index (χ0v) is 87.1. The van der Waals surface area contributed by atoms with Crippen molar-refractivity contribution in [2.24, 2.45) is 23.7 Å². The van der Waals surface area contributed by atoms with Gasteiger partial charge in [0, 0.05) is 103 Å². The van der Waals surface area contributed by atoms with Gasteiger partial charge in [-0.1, -0.05) is 193 Å². The third-order valence-corrected chi connectivity index (χ3v) is 25.8. The number of amides is 11. The average Bonchev–Trinajstić information content (AvgIpc) is 0.871. The predicted octanol–water partition coefficient (Wildman–Crippen LogP) is 9.29. The Bertz CT molecular complexity index is 3470. The van der Waals surface area contributed by atoms with Crippen molar-refractivity contribution in [1.29, 1.82) is 0 Å². The van der Waals surface area contributed by atoms with Crippen LogP contribution in [0.3, 0.4) is 0 Å². The molecule has 0 spiro atoms. The molecule has 2 rings (SSSR count). The molecule has 0 saturated heterocycles. The van der Waals surface area contributed by atoms with E-state index in [0.29, 0.717) is 77.3 Å². The molecular formula is C102H182N12O29S. The molecule has 4 unspecified atom stereocenters. The summed E-state index contributed by atoms with van der Waals surface area (Å²) in [7, 11) is 0. The van der Waals surface area contributed by atoms with Crippen molar-refractivity contribution in [2.75, 3.05) is 158 Å². The first-order valence-electron chi connectivity index (χ1n) is 53.9. The Morgan fingerprint density at radius 2 is 0.486 bits per heavy atom. The van der Waals surface area contributed by atoms with E-state index in [1.165, 1.54) is 128 Å². The summed E-state index contributed by atoms with van der Waals surface area (Å²) in [5.41, 5.74) is 0. The van der Waals surface area contributed by atoms with Gasteiger partial charge in [0.15, 0.2) is 0 Å². The van der Waals surface area contributed by atoms with E-state index < -0.39 is 90.2 Å². The third kappa shape index (κ3) is 79.7. The molecule has 2 saturated carbocycles. The number of hydrogen-bond donors (Lipinski definition) is 18. The maximum Gasteiger partial charge on any atom is 0.326 e. The van der Waals surface area contributed by atoms with Crippen LogP contribution in [0.5, 0.6) is 0 Å². The maximum absolute atomic E-state index is 13.3. The van der Waals surface area contributed by atoms with Crippen LogP contribution in [-0.2, 0) is 115 Å². The Labute approximate surface area is 859 Å². The fraction of sp³-hybridized carbons (Fsp3) is 0.843. The number of unbranched alkanes of at least 4 members (excludes halogenated alkanes) is 32. The van der Waals surface area contributed by atoms with Crippen LogP contribution in [0.1, 0.15) is 347 Å². The van der Waals surface area contributed by atoms with Gasteiger partial charge in [0.05, 0.1) is 79.3 Å². The number of carboxylic acid groups (broad SMARTS) is 5. The Balaban J connectivity index is 1.46. The van der Waals surface area contributed by atoms with Gasteiger partial charge in [-0.05, 0) is 140 Å². The van der Waals surface area contributed by atoms with Crippen molar-refractivity contribution in [3.63, 3.8) is 0 Å². The highest BCUT2D eigenvalue weighted by atomic mass is 32.1. The van der Waals surface area contributed by atoms with Crippen molar-refractivity contribution in [3.8, 4) is 0 Å². The lowest BCUT2D eigenvalue weighted by Gasteiger charge is -2.28. The zero-order valence-electron chi connectivity index (χ0n) is 86.3. The van der Waals surface area contributed by atoms with Crippen LogP contribution in [0.15, 0.2) is 0 Å². The van der Waals surface area contributed by atoms with E-state index in [9.17, 15) is 92.0 Å². The average molecular weight is 2070 g/mol. The van der Waals surface area contributed by atoms with E-state index in [4.69, 9.17) is 48.1 Å². The summed E-state index contributed by atoms with van der Waals surface area (Å²) in [6.45, 7) is 2.35. The van der Waals surface area contributed by atoms with Crippen LogP contribution in [0.4, 0.5) is 0 Å². The van der Waals surface area contributed by atoms with Crippen molar-refractivity contribution >= 4 is 108 Å². The first-order valence-corrected chi connectivity index (χ1v) is 54.4. The molecular weight excluding hydrogens is 1890 g/mol. The Morgan fingerprint density at radius 3 is 0.785 bits per heavy atom. The summed E-state index contributed by atoms with van der Waals surface area (Å²) in [6, 6.07) is -4.29. The minimum Gasteiger partial charge on any atom is -0.481 e. The molecule has 0 aromatic rings. The molecule has 11 amide bonds. The number of thiol groups is 1. The maximum atomic E-state index is 13.3. The van der Waals surface area contributed by atoms with Crippen LogP contribution in [-0.4, -0.2) is 303 Å². The highest BCUT2D eigenvalue weighted by Gasteiger charge is 2.33. The van der Waals surface area contributed by atoms with Gasteiger partial charge in [-0.15, -0.1) is 0 Å². The van der Waals surface area contributed by atoms with Crippen LogP contribution < -0.4 is 63.2 Å². The number of rotatable bonds is 100. The lowest BCUT2D eigenvalue weighted by molar-refractivity contribution is -0.143. The second-order valence-corrected chi connectivity index (χ2v) is 38.1. The molecule has 830 valence electrons. The van der Waals surface area contributed by atoms with Crippen molar-refractivity contribution in [2.45, 2.75) is 371 Å². The van der Waals surface area contributed by atoms with E-state index in [1.807, 2.05) is 0 Å². The number of ether oxygens (including phenoxy) is 8. The fourth-order valence-electron chi connectivity index (χ4n) is 16.8. The minimum atomic E-state index is -1.24. The SMILES string of the molecule is O=C(O)CCCCCCCCCCCCCCCCCCC(=O)NCC1CCC(C(=O)NC(CCC(=O)NCCOCCOCC(=O)NCCOCCOCC(=O)NCCCCC(NC(=O)COCCOCCNC(=O)COCCOCCNC(=O)CCC(NC(=O)C2CCC(CNC(=O)CCCCCCCCCCCCCCCCCCC(=O)O)CC2)C(=O)O)C(=O)NCCCCC(NS)C(=O)O)C(=O)O)CC1. The number of carboxylic acids is 5. The van der Waals surface area contributed by atoms with Crippen LogP contribution in [0.2, 0.25) is 0 Å². The van der Waals surface area contributed by atoms with Crippen molar-refractivity contribution in [1.82, 2.24) is 63.2 Å². The highest BCUT2D eigenvalue weighted by Crippen LogP contribution is 2.31. The number of carbonyl (C=O) groups excluding carboxylic acids is 11. The van der Waals surface area contributed by atoms with Crippen LogP contribution in [0.25, 0.3) is 0 Å². The second-order valence-electron chi connectivity index (χ2n) is 37.9. The number of nitrogens with one attached hydrogen (secondary N) is 12. The summed E-state index contributed by atoms with van der Waals surface area (Å²) in [6.07, 6.45) is 45.5. The molecule has 0 aromatic heterocycles. The number of aliphatic carboxylic acids is 5. The van der Waals surface area contributed by atoms with Gasteiger partial charge in [-0.25, -0.2) is 9.59 Å². The zero-order chi connectivity index (χ0) is 105. The molecule has 17 N–H and O–H groups in total. The fourth-order valence-corrected chi connectivity index (χ4v) is 17.1. The van der Waals surface area contributed by atoms with Gasteiger partial charge in [-0.2, -0.15) is 0 Å². The van der Waals surface area contributed by atoms with E-state index in [0.717, 1.165) is 103 Å². The summed E-state index contributed by atoms with van der Waals surface area (Å²) >= 11 is 3.86. The molecule has 2 aliphatic carbocycles. The Hall–Kier alpha value is -8.49. The molecule has 2 fully saturated rings. The summed E-state index contributed by atoms with van der Waals surface area (Å²) in [5, 5.41) is 76.6. The van der Waals surface area contributed by atoms with Crippen molar-refractivity contribution < 1.29 is 140 Å². The number of hydrogen-bond acceptors (Lipinski definition) is 26. The van der Waals surface area contributed by atoms with Gasteiger partial charge < -0.3 is 122 Å². The Morgan fingerprint density at radius 1 is 0.229 bits per heavy atom. The molecule has 41 nitrogen and oxygen atoms in total. The van der Waals surface area contributed by atoms with E-state index in [1.54, 1.807) is 0 Å². The van der Waals surface area contributed by atoms with Gasteiger partial charge in [-0.3, -0.25) is 71.8 Å². The molecule has 144 heavy (non-hydrogen) atoms. The topological polar surface area (TPSA) is 592 Å². The minimum absolute atomic E-state index is 0.0147. The quantitative estimate of drug-likeness (QED) is 0.0199. The van der Waals surface area contributed by atoms with Gasteiger partial charge in [0.2, 0.25) is 65.0 Å². The largest absolute Gasteiger partial charge is 0.481 e. The van der Waals surface area contributed by atoms with Gasteiger partial charge in [0.25, 0.3) is 0 Å². The standard InChI is InChI=1S/C102H182N12O29S/c115-87(39-29-25-21-17-13-9-5-1-3-7-11-15-19-23-27-31-41-95(123)124)109-73-79-43-47-81(48-44-79)97(127)112-84(100(130)131)51-53-89(117)104-57-61-136-65-70-141-76-92(120)106-59-63-138-67-69-140-75-91(119)103-55-35-33-37-83(99(129)108-56-36-34-38-86(114-144)102(134)135)111-94(122)78-143-72-68-139-64-60-107-93(121)77-142-71-66-137-62-58-105-90(118)54-52-85(101(132)133)113-98(128)82-49-45-80(46-50-82)74-110-88(116)40-30-26-22-18-14-10-6-2-4-8-12-16-20-24-28-32-42-96(125)126/h79-86,114,144H,1-78H2,(H,103,119)(H,104,117)(H,105,118)(H,106,120)(H,107,121)(H,108,129)(H,109,115)(H,110,116)(H,111,122)(H,112,127)(H,113,128)(H,123,124)(H,125,126)(H,130,131)(H,132,133)(H,134,135). The lowest BCUT2D eigenvalue weighted by atomic mass is 9.81. The van der Waals surface area contributed by atoms with Crippen LogP contribution >= 0.6 is 12.8 Å². The second kappa shape index (κ2) is 91.9. The van der Waals surface area contributed by atoms with E-state index >= 15 is 0 Å². The lowest BCUT2D eigenvalue weighted by Crippen LogP contribution is -2.48. The monoisotopic (exact) mass is 2070 g/mol. The molecule has 0 aliphatic heterocycles. The molecule has 2 aliphatic rings. The molecule has 0 aromatic carbocycles. The first kappa shape index (κ1) is 132. The van der Waals surface area contributed by atoms with Crippen molar-refractivity contribution in [3.05, 3.63) is 0 Å². The molecule has 4 atom stereocenters. The normalized spacial score (nSPS) is 15.3. The summed E-state index contributed by atoms with van der Waals surface area (Å²) in [5.74, 6) is -8.80. The van der Waals surface area contributed by atoms with E-state index in [2.05, 4.69) is 76.0 Å². The third-order valence-electron chi connectivity index (χ3n) is 25.5. The smallest absolute Gasteiger partial charge is 0.326 e. The Kier molecular flexibility index (Phi) is 84.0. The summed E-state index contributed by atoms with van der Waals surface area (Å²) < 4.78 is 45.9. The highest BCUT2D eigenvalue weighted by molar-refractivity contribution is 7.78. The molecule has 42 heteroatoms. The van der Waals surface area contributed by atoms with Gasteiger partial charge >= 0.3 is 29.8 Å². The molecule has 0 radical (unpaired) electrons. The molecule has 0 heterocycles. The predicted molar refractivity (Wildman–Crippen MR) is 544 cm³/mol. The molecule has 0 bridgehead atoms. The summed E-state index contributed by atoms with van der Waals surface area (Å²) in [4.78, 5) is 196. The number of carbonyl (C=O) groups is 16. The van der Waals surface area contributed by atoms with Crippen LogP contribution in [0, 0.1) is 23.7 Å². The van der Waals surface area contributed by atoms with E-state index in [-0.39, 0.29) is 249 Å².